The van der Waals surface area contributed by atoms with Crippen LogP contribution in [0, 0.1) is 0 Å². The number of rotatable bonds is 3. The SMILES string of the molecule is O/N=C\c1ccsc1-c1ccc([C@H]2CC[C@H]3CCCCN32)cc1. The molecule has 2 fully saturated rings. The predicted octanol–water partition coefficient (Wildman–Crippen LogP) is 4.91. The highest BCUT2D eigenvalue weighted by atomic mass is 32.1. The summed E-state index contributed by atoms with van der Waals surface area (Å²) in [5.41, 5.74) is 3.63. The molecule has 120 valence electrons. The number of oxime groups is 1. The summed E-state index contributed by atoms with van der Waals surface area (Å²) in [4.78, 5) is 3.89. The number of hydrogen-bond acceptors (Lipinski definition) is 4. The Balaban J connectivity index is 1.57. The molecule has 0 bridgehead atoms. The van der Waals surface area contributed by atoms with E-state index in [-0.39, 0.29) is 0 Å². The molecule has 4 heteroatoms. The molecule has 23 heavy (non-hydrogen) atoms. The predicted molar refractivity (Wildman–Crippen MR) is 95.5 cm³/mol. The van der Waals surface area contributed by atoms with Crippen molar-refractivity contribution in [1.29, 1.82) is 0 Å². The van der Waals surface area contributed by atoms with Gasteiger partial charge in [0.2, 0.25) is 0 Å². The molecule has 0 unspecified atom stereocenters. The zero-order valence-corrected chi connectivity index (χ0v) is 14.0. The second-order valence-corrected chi connectivity index (χ2v) is 7.47. The van der Waals surface area contributed by atoms with E-state index in [2.05, 4.69) is 34.3 Å². The smallest absolute Gasteiger partial charge is 0.0748 e. The summed E-state index contributed by atoms with van der Waals surface area (Å²) < 4.78 is 0. The Bertz CT molecular complexity index is 692. The number of thiophene rings is 1. The van der Waals surface area contributed by atoms with Crippen LogP contribution >= 0.6 is 11.3 Å². The highest BCUT2D eigenvalue weighted by Gasteiger charge is 2.35. The summed E-state index contributed by atoms with van der Waals surface area (Å²) >= 11 is 1.69. The Morgan fingerprint density at radius 2 is 1.96 bits per heavy atom. The summed E-state index contributed by atoms with van der Waals surface area (Å²) in [6.45, 7) is 1.26. The van der Waals surface area contributed by atoms with Gasteiger partial charge in [0.25, 0.3) is 0 Å². The molecule has 0 aliphatic carbocycles. The molecule has 1 N–H and O–H groups in total. The Labute approximate surface area is 141 Å². The molecule has 2 saturated heterocycles. The molecule has 0 saturated carbocycles. The van der Waals surface area contributed by atoms with Gasteiger partial charge >= 0.3 is 0 Å². The summed E-state index contributed by atoms with van der Waals surface area (Å²) in [7, 11) is 0. The zero-order chi connectivity index (χ0) is 15.6. The van der Waals surface area contributed by atoms with E-state index in [0.29, 0.717) is 6.04 Å². The lowest BCUT2D eigenvalue weighted by Gasteiger charge is -2.34. The Morgan fingerprint density at radius 1 is 1.09 bits per heavy atom. The van der Waals surface area contributed by atoms with E-state index in [4.69, 9.17) is 5.21 Å². The van der Waals surface area contributed by atoms with E-state index >= 15 is 0 Å². The van der Waals surface area contributed by atoms with Crippen LogP contribution in [0.15, 0.2) is 40.9 Å². The van der Waals surface area contributed by atoms with Gasteiger partial charge in [-0.1, -0.05) is 35.8 Å². The van der Waals surface area contributed by atoms with Crippen LogP contribution in [0.3, 0.4) is 0 Å². The van der Waals surface area contributed by atoms with Gasteiger partial charge in [-0.2, -0.15) is 0 Å². The normalized spacial score (nSPS) is 25.0. The molecule has 0 radical (unpaired) electrons. The van der Waals surface area contributed by atoms with Crippen molar-refractivity contribution in [3.63, 3.8) is 0 Å². The third-order valence-electron chi connectivity index (χ3n) is 5.30. The van der Waals surface area contributed by atoms with Gasteiger partial charge in [-0.25, -0.2) is 0 Å². The molecule has 4 rings (SSSR count). The molecule has 2 aliphatic heterocycles. The lowest BCUT2D eigenvalue weighted by molar-refractivity contribution is 0.150. The van der Waals surface area contributed by atoms with E-state index in [1.165, 1.54) is 56.0 Å². The van der Waals surface area contributed by atoms with Gasteiger partial charge in [0.1, 0.15) is 0 Å². The molecule has 1 aromatic heterocycles. The summed E-state index contributed by atoms with van der Waals surface area (Å²) in [6, 6.07) is 12.4. The summed E-state index contributed by atoms with van der Waals surface area (Å²) in [5, 5.41) is 14.0. The highest BCUT2D eigenvalue weighted by Crippen LogP contribution is 2.41. The van der Waals surface area contributed by atoms with Gasteiger partial charge in [0.05, 0.1) is 6.21 Å². The first-order chi connectivity index (χ1) is 11.4. The maximum atomic E-state index is 8.78. The number of piperidine rings is 1. The van der Waals surface area contributed by atoms with Crippen LogP contribution in [0.1, 0.15) is 49.3 Å². The minimum Gasteiger partial charge on any atom is -0.411 e. The average Bonchev–Trinajstić information content (AvgIpc) is 3.22. The van der Waals surface area contributed by atoms with Crippen molar-refractivity contribution in [2.75, 3.05) is 6.54 Å². The van der Waals surface area contributed by atoms with Crippen LogP contribution in [-0.4, -0.2) is 28.9 Å². The maximum absolute atomic E-state index is 8.78. The minimum atomic E-state index is 0.608. The largest absolute Gasteiger partial charge is 0.411 e. The first kappa shape index (κ1) is 14.9. The third-order valence-corrected chi connectivity index (χ3v) is 6.28. The topological polar surface area (TPSA) is 35.8 Å². The number of hydrogen-bond donors (Lipinski definition) is 1. The molecule has 2 aliphatic rings. The van der Waals surface area contributed by atoms with Crippen molar-refractivity contribution < 1.29 is 5.21 Å². The van der Waals surface area contributed by atoms with Crippen LogP contribution in [0.5, 0.6) is 0 Å². The molecule has 0 spiro atoms. The fourth-order valence-corrected chi connectivity index (χ4v) is 5.07. The second-order valence-electron chi connectivity index (χ2n) is 6.55. The van der Waals surface area contributed by atoms with E-state index in [9.17, 15) is 0 Å². The van der Waals surface area contributed by atoms with Gasteiger partial charge < -0.3 is 5.21 Å². The van der Waals surface area contributed by atoms with Crippen molar-refractivity contribution in [2.24, 2.45) is 5.16 Å². The van der Waals surface area contributed by atoms with Crippen LogP contribution in [0.4, 0.5) is 0 Å². The number of fused-ring (bicyclic) bond motifs is 1. The first-order valence-corrected chi connectivity index (χ1v) is 9.36. The highest BCUT2D eigenvalue weighted by molar-refractivity contribution is 7.14. The van der Waals surface area contributed by atoms with Gasteiger partial charge in [-0.15, -0.1) is 11.3 Å². The van der Waals surface area contributed by atoms with Crippen molar-refractivity contribution in [1.82, 2.24) is 4.90 Å². The van der Waals surface area contributed by atoms with Crippen molar-refractivity contribution in [2.45, 2.75) is 44.2 Å². The van der Waals surface area contributed by atoms with E-state index in [1.807, 2.05) is 11.4 Å². The van der Waals surface area contributed by atoms with Gasteiger partial charge in [0, 0.05) is 22.5 Å². The maximum Gasteiger partial charge on any atom is 0.0748 e. The molecular weight excluding hydrogens is 304 g/mol. The monoisotopic (exact) mass is 326 g/mol. The zero-order valence-electron chi connectivity index (χ0n) is 13.2. The number of benzene rings is 1. The quantitative estimate of drug-likeness (QED) is 0.494. The third kappa shape index (κ3) is 2.81. The Morgan fingerprint density at radius 3 is 2.78 bits per heavy atom. The van der Waals surface area contributed by atoms with E-state index in [1.54, 1.807) is 11.3 Å². The van der Waals surface area contributed by atoms with Crippen LogP contribution < -0.4 is 0 Å². The lowest BCUT2D eigenvalue weighted by Crippen LogP contribution is -2.35. The number of nitrogens with zero attached hydrogens (tertiary/aromatic N) is 2. The van der Waals surface area contributed by atoms with Gasteiger partial charge in [0.15, 0.2) is 0 Å². The summed E-state index contributed by atoms with van der Waals surface area (Å²) in [6.07, 6.45) is 8.30. The molecule has 3 nitrogen and oxygen atoms in total. The summed E-state index contributed by atoms with van der Waals surface area (Å²) in [5.74, 6) is 0. The molecule has 0 amide bonds. The van der Waals surface area contributed by atoms with Crippen LogP contribution in [-0.2, 0) is 0 Å². The molecule has 1 aromatic carbocycles. The fraction of sp³-hybridized carbons (Fsp3) is 0.421. The van der Waals surface area contributed by atoms with Crippen molar-refractivity contribution in [3.05, 3.63) is 46.8 Å². The first-order valence-electron chi connectivity index (χ1n) is 8.48. The molecule has 2 atom stereocenters. The second kappa shape index (κ2) is 6.46. The lowest BCUT2D eigenvalue weighted by atomic mass is 10.0. The molecular formula is C19H22N2OS. The van der Waals surface area contributed by atoms with E-state index < -0.39 is 0 Å². The minimum absolute atomic E-state index is 0.608. The standard InChI is InChI=1S/C19H22N2OS/c22-20-13-16-10-12-23-19(16)15-6-4-14(5-7-15)18-9-8-17-3-1-2-11-21(17)18/h4-7,10,12-13,17-18,22H,1-3,8-9,11H2/b20-13-/t17-,18-/m1/s1. The molecule has 2 aromatic rings. The van der Waals surface area contributed by atoms with Crippen LogP contribution in [0.25, 0.3) is 10.4 Å². The fourth-order valence-electron chi connectivity index (χ4n) is 4.19. The molecule has 3 heterocycles. The van der Waals surface area contributed by atoms with E-state index in [0.717, 1.165) is 16.5 Å². The van der Waals surface area contributed by atoms with Crippen molar-refractivity contribution in [3.8, 4) is 10.4 Å². The average molecular weight is 326 g/mol. The van der Waals surface area contributed by atoms with Crippen molar-refractivity contribution >= 4 is 17.6 Å². The van der Waals surface area contributed by atoms with Gasteiger partial charge in [-0.3, -0.25) is 4.90 Å². The Kier molecular flexibility index (Phi) is 4.19. The van der Waals surface area contributed by atoms with Crippen LogP contribution in [0.2, 0.25) is 0 Å². The Hall–Kier alpha value is -1.65. The van der Waals surface area contributed by atoms with Gasteiger partial charge in [-0.05, 0) is 54.8 Å².